The van der Waals surface area contributed by atoms with E-state index in [2.05, 4.69) is 15.7 Å². The molecule has 2 atom stereocenters. The summed E-state index contributed by atoms with van der Waals surface area (Å²) in [6.45, 7) is -0.348. The number of carbonyl (C=O) groups is 3. The van der Waals surface area contributed by atoms with Gasteiger partial charge in [0.2, 0.25) is 5.91 Å². The van der Waals surface area contributed by atoms with Crippen molar-refractivity contribution in [1.29, 1.82) is 0 Å². The molecule has 1 saturated heterocycles. The van der Waals surface area contributed by atoms with Gasteiger partial charge < -0.3 is 5.32 Å². The number of anilines is 2. The molecule has 2 aliphatic rings. The molecule has 8 nitrogen and oxygen atoms in total. The van der Waals surface area contributed by atoms with Gasteiger partial charge in [-0.25, -0.2) is 13.7 Å². The maximum atomic E-state index is 13.4. The lowest BCUT2D eigenvalue weighted by molar-refractivity contribution is -0.123. The van der Waals surface area contributed by atoms with Crippen LogP contribution in [-0.2, 0) is 14.4 Å². The van der Waals surface area contributed by atoms with E-state index in [1.807, 2.05) is 0 Å². The second kappa shape index (κ2) is 7.21. The van der Waals surface area contributed by atoms with E-state index in [1.54, 1.807) is 0 Å². The van der Waals surface area contributed by atoms with Gasteiger partial charge in [0.05, 0.1) is 10.7 Å². The standard InChI is InChI=1S/C18H12ClF2N5O3/c19-12-7-11(5-6-13(12)21)26-17(28)15-16(18(26)29)25(24-23-15)8-14(27)22-10-3-1-9(20)2-4-10/h1-7,15-16H,8H2,(H,22,27)/t15-,16-/m0/s1. The van der Waals surface area contributed by atoms with Crippen LogP contribution in [0.25, 0.3) is 0 Å². The predicted molar refractivity (Wildman–Crippen MR) is 98.1 cm³/mol. The molecule has 0 radical (unpaired) electrons. The molecule has 0 unspecified atom stereocenters. The predicted octanol–water partition coefficient (Wildman–Crippen LogP) is 2.55. The second-order valence-electron chi connectivity index (χ2n) is 6.36. The van der Waals surface area contributed by atoms with Gasteiger partial charge in [0, 0.05) is 5.69 Å². The molecule has 29 heavy (non-hydrogen) atoms. The van der Waals surface area contributed by atoms with Crippen LogP contribution in [0.5, 0.6) is 0 Å². The number of nitrogens with one attached hydrogen (secondary N) is 1. The van der Waals surface area contributed by atoms with Crippen LogP contribution in [0.2, 0.25) is 5.02 Å². The number of imide groups is 1. The molecule has 11 heteroatoms. The molecule has 0 aliphatic carbocycles. The Balaban J connectivity index is 1.49. The molecule has 0 spiro atoms. The lowest BCUT2D eigenvalue weighted by Gasteiger charge is -2.20. The Hall–Kier alpha value is -3.40. The van der Waals surface area contributed by atoms with E-state index in [0.29, 0.717) is 5.69 Å². The molecule has 2 aliphatic heterocycles. The molecule has 148 valence electrons. The average molecular weight is 420 g/mol. The molecule has 1 fully saturated rings. The first-order valence-electron chi connectivity index (χ1n) is 8.41. The van der Waals surface area contributed by atoms with Crippen LogP contribution < -0.4 is 10.2 Å². The van der Waals surface area contributed by atoms with Crippen LogP contribution in [0.3, 0.4) is 0 Å². The van der Waals surface area contributed by atoms with Gasteiger partial charge in [-0.1, -0.05) is 16.8 Å². The molecule has 0 aromatic heterocycles. The summed E-state index contributed by atoms with van der Waals surface area (Å²) < 4.78 is 26.3. The van der Waals surface area contributed by atoms with Crippen LogP contribution in [0, 0.1) is 11.6 Å². The summed E-state index contributed by atoms with van der Waals surface area (Å²) in [4.78, 5) is 38.5. The van der Waals surface area contributed by atoms with Crippen LogP contribution in [-0.4, -0.2) is 41.4 Å². The van der Waals surface area contributed by atoms with E-state index in [-0.39, 0.29) is 17.3 Å². The summed E-state index contributed by atoms with van der Waals surface area (Å²) in [5.41, 5.74) is 0.465. The first-order valence-corrected chi connectivity index (χ1v) is 8.78. The highest BCUT2D eigenvalue weighted by atomic mass is 35.5. The van der Waals surface area contributed by atoms with Crippen LogP contribution in [0.1, 0.15) is 0 Å². The zero-order valence-corrected chi connectivity index (χ0v) is 15.3. The zero-order valence-electron chi connectivity index (χ0n) is 14.6. The minimum absolute atomic E-state index is 0.103. The highest BCUT2D eigenvalue weighted by molar-refractivity contribution is 6.32. The van der Waals surface area contributed by atoms with Crippen molar-refractivity contribution in [1.82, 2.24) is 5.01 Å². The van der Waals surface area contributed by atoms with Gasteiger partial charge in [0.25, 0.3) is 11.8 Å². The molecule has 2 aromatic carbocycles. The third-order valence-corrected chi connectivity index (χ3v) is 4.74. The zero-order chi connectivity index (χ0) is 20.7. The molecule has 0 bridgehead atoms. The number of nitrogens with zero attached hydrogens (tertiary/aromatic N) is 4. The van der Waals surface area contributed by atoms with Crippen molar-refractivity contribution in [3.8, 4) is 0 Å². The Labute approximate surface area is 167 Å². The molecule has 2 heterocycles. The van der Waals surface area contributed by atoms with Crippen LogP contribution in [0.15, 0.2) is 52.8 Å². The van der Waals surface area contributed by atoms with Gasteiger partial charge in [0.1, 0.15) is 18.2 Å². The summed E-state index contributed by atoms with van der Waals surface area (Å²) in [6, 6.07) is 6.39. The number of hydrogen-bond donors (Lipinski definition) is 1. The molecular formula is C18H12ClF2N5O3. The smallest absolute Gasteiger partial charge is 0.263 e. The van der Waals surface area contributed by atoms with E-state index in [0.717, 1.165) is 22.0 Å². The third-order valence-electron chi connectivity index (χ3n) is 4.45. The number of fused-ring (bicyclic) bond motifs is 1. The Bertz CT molecular complexity index is 1050. The number of amides is 3. The van der Waals surface area contributed by atoms with E-state index in [4.69, 9.17) is 11.6 Å². The van der Waals surface area contributed by atoms with Crippen molar-refractivity contribution >= 4 is 40.7 Å². The monoisotopic (exact) mass is 419 g/mol. The van der Waals surface area contributed by atoms with E-state index in [9.17, 15) is 23.2 Å². The quantitative estimate of drug-likeness (QED) is 0.770. The summed E-state index contributed by atoms with van der Waals surface area (Å²) in [6.07, 6.45) is 0. The largest absolute Gasteiger partial charge is 0.324 e. The molecule has 4 rings (SSSR count). The average Bonchev–Trinajstić information content (AvgIpc) is 3.20. The third kappa shape index (κ3) is 3.42. The molecule has 2 aromatic rings. The van der Waals surface area contributed by atoms with Gasteiger partial charge in [-0.15, -0.1) is 0 Å². The fourth-order valence-electron chi connectivity index (χ4n) is 3.11. The summed E-state index contributed by atoms with van der Waals surface area (Å²) in [7, 11) is 0. The maximum absolute atomic E-state index is 13.4. The molecule has 3 amide bonds. The first kappa shape index (κ1) is 18.9. The van der Waals surface area contributed by atoms with Gasteiger partial charge in [-0.2, -0.15) is 5.11 Å². The van der Waals surface area contributed by atoms with Crippen molar-refractivity contribution in [2.45, 2.75) is 12.1 Å². The van der Waals surface area contributed by atoms with Crippen LogP contribution in [0.4, 0.5) is 20.2 Å². The number of halogens is 3. The lowest BCUT2D eigenvalue weighted by Crippen LogP contribution is -2.43. The Morgan fingerprint density at radius 3 is 2.52 bits per heavy atom. The second-order valence-corrected chi connectivity index (χ2v) is 6.76. The van der Waals surface area contributed by atoms with E-state index >= 15 is 0 Å². The summed E-state index contributed by atoms with van der Waals surface area (Å²) >= 11 is 5.74. The van der Waals surface area contributed by atoms with Gasteiger partial charge >= 0.3 is 0 Å². The van der Waals surface area contributed by atoms with Crippen molar-refractivity contribution in [3.05, 3.63) is 59.1 Å². The van der Waals surface area contributed by atoms with E-state index < -0.39 is 41.4 Å². The fourth-order valence-corrected chi connectivity index (χ4v) is 3.29. The summed E-state index contributed by atoms with van der Waals surface area (Å²) in [5, 5.41) is 11.0. The molecule has 0 saturated carbocycles. The SMILES string of the molecule is O=C(CN1N=N[C@@H]2C(=O)N(c3ccc(F)c(Cl)c3)C(=O)[C@H]21)Nc1ccc(F)cc1. The topological polar surface area (TPSA) is 94.4 Å². The number of rotatable bonds is 4. The fraction of sp³-hybridized carbons (Fsp3) is 0.167. The highest BCUT2D eigenvalue weighted by Crippen LogP contribution is 2.33. The Kier molecular flexibility index (Phi) is 4.71. The summed E-state index contributed by atoms with van der Waals surface area (Å²) in [5.74, 6) is -2.96. The van der Waals surface area contributed by atoms with E-state index in [1.165, 1.54) is 30.3 Å². The van der Waals surface area contributed by atoms with Gasteiger partial charge in [0.15, 0.2) is 12.1 Å². The molecule has 1 N–H and O–H groups in total. The minimum atomic E-state index is -1.11. The van der Waals surface area contributed by atoms with Crippen LogP contribution >= 0.6 is 11.6 Å². The lowest BCUT2D eigenvalue weighted by atomic mass is 10.1. The Morgan fingerprint density at radius 2 is 1.83 bits per heavy atom. The van der Waals surface area contributed by atoms with Gasteiger partial charge in [-0.05, 0) is 42.5 Å². The van der Waals surface area contributed by atoms with Crippen molar-refractivity contribution in [2.24, 2.45) is 10.3 Å². The van der Waals surface area contributed by atoms with Crippen molar-refractivity contribution < 1.29 is 23.2 Å². The first-order chi connectivity index (χ1) is 13.8. The molecular weight excluding hydrogens is 408 g/mol. The van der Waals surface area contributed by atoms with Gasteiger partial charge in [-0.3, -0.25) is 19.4 Å². The maximum Gasteiger partial charge on any atom is 0.263 e. The Morgan fingerprint density at radius 1 is 1.10 bits per heavy atom. The number of carbonyl (C=O) groups excluding carboxylic acids is 3. The minimum Gasteiger partial charge on any atom is -0.324 e. The number of hydrogen-bond acceptors (Lipinski definition) is 6. The normalized spacial score (nSPS) is 20.4. The van der Waals surface area contributed by atoms with Crippen molar-refractivity contribution in [2.75, 3.05) is 16.8 Å². The highest BCUT2D eigenvalue weighted by Gasteiger charge is 2.55. The number of benzene rings is 2. The van der Waals surface area contributed by atoms with Crippen molar-refractivity contribution in [3.63, 3.8) is 0 Å².